The van der Waals surface area contributed by atoms with Crippen molar-refractivity contribution in [3.63, 3.8) is 0 Å². The third-order valence-corrected chi connectivity index (χ3v) is 8.28. The van der Waals surface area contributed by atoms with E-state index in [0.29, 0.717) is 73.0 Å². The molecule has 0 spiro atoms. The third kappa shape index (κ3) is 6.16. The van der Waals surface area contributed by atoms with Gasteiger partial charge in [0.05, 0.1) is 44.9 Å². The summed E-state index contributed by atoms with van der Waals surface area (Å²) in [6, 6.07) is 16.9. The van der Waals surface area contributed by atoms with E-state index in [1.54, 1.807) is 44.2 Å². The number of methoxy groups -OCH3 is 3. The van der Waals surface area contributed by atoms with Crippen LogP contribution in [0.3, 0.4) is 0 Å². The molecule has 0 bridgehead atoms. The summed E-state index contributed by atoms with van der Waals surface area (Å²) in [5.74, 6) is 1.85. The number of anilines is 1. The van der Waals surface area contributed by atoms with Gasteiger partial charge in [-0.25, -0.2) is 14.5 Å². The lowest BCUT2D eigenvalue weighted by Crippen LogP contribution is -2.52. The Morgan fingerprint density at radius 1 is 0.956 bits per heavy atom. The fourth-order valence-corrected chi connectivity index (χ4v) is 6.01. The zero-order chi connectivity index (χ0) is 31.6. The summed E-state index contributed by atoms with van der Waals surface area (Å²) in [7, 11) is 4.87. The predicted octanol–water partition coefficient (Wildman–Crippen LogP) is 2.95. The highest BCUT2D eigenvalue weighted by Crippen LogP contribution is 2.28. The molecule has 2 aromatic carbocycles. The molecule has 45 heavy (non-hydrogen) atoms. The third-order valence-electron chi connectivity index (χ3n) is 8.28. The Kier molecular flexibility index (Phi) is 8.59. The fraction of sp³-hybridized carbons (Fsp3) is 0.394. The van der Waals surface area contributed by atoms with Crippen LogP contribution in [0.15, 0.2) is 70.4 Å². The highest BCUT2D eigenvalue weighted by molar-refractivity contribution is 5.81. The van der Waals surface area contributed by atoms with Crippen LogP contribution in [0, 0.1) is 0 Å². The fourth-order valence-electron chi connectivity index (χ4n) is 6.01. The topological polar surface area (TPSA) is 114 Å². The van der Waals surface area contributed by atoms with Gasteiger partial charge in [-0.2, -0.15) is 0 Å². The molecule has 0 radical (unpaired) electrons. The van der Waals surface area contributed by atoms with E-state index in [1.807, 2.05) is 49.4 Å². The smallest absolute Gasteiger partial charge is 0.350 e. The van der Waals surface area contributed by atoms with E-state index in [1.165, 1.54) is 9.08 Å². The molecule has 1 fully saturated rings. The minimum absolute atomic E-state index is 0.129. The van der Waals surface area contributed by atoms with Crippen LogP contribution in [0.1, 0.15) is 18.3 Å². The number of aryl methyl sites for hydroxylation is 3. The van der Waals surface area contributed by atoms with Gasteiger partial charge in [-0.15, -0.1) is 5.10 Å². The van der Waals surface area contributed by atoms with Gasteiger partial charge in [0.2, 0.25) is 0 Å². The molecule has 0 aliphatic carbocycles. The summed E-state index contributed by atoms with van der Waals surface area (Å²) in [6.45, 7) is 5.13. The van der Waals surface area contributed by atoms with Crippen molar-refractivity contribution in [2.75, 3.05) is 52.5 Å². The molecular formula is C33H38N6O6. The first kappa shape index (κ1) is 30.4. The van der Waals surface area contributed by atoms with Crippen LogP contribution in [0.4, 0.5) is 5.69 Å². The highest BCUT2D eigenvalue weighted by atomic mass is 16.5. The average Bonchev–Trinajstić information content (AvgIpc) is 3.38. The van der Waals surface area contributed by atoms with Gasteiger partial charge in [-0.05, 0) is 61.4 Å². The van der Waals surface area contributed by atoms with E-state index in [0.717, 1.165) is 17.8 Å². The number of morpholine rings is 1. The summed E-state index contributed by atoms with van der Waals surface area (Å²) in [5, 5.41) is 5.01. The highest BCUT2D eigenvalue weighted by Gasteiger charge is 2.32. The predicted molar refractivity (Wildman–Crippen MR) is 171 cm³/mol. The van der Waals surface area contributed by atoms with Crippen LogP contribution in [0.25, 0.3) is 16.6 Å². The maximum Gasteiger partial charge on any atom is 0.350 e. The number of aromatic nitrogens is 5. The van der Waals surface area contributed by atoms with Gasteiger partial charge in [0.1, 0.15) is 11.4 Å². The summed E-state index contributed by atoms with van der Waals surface area (Å²) >= 11 is 0. The Balaban J connectivity index is 1.35. The van der Waals surface area contributed by atoms with Gasteiger partial charge in [-0.3, -0.25) is 13.8 Å². The molecular weight excluding hydrogens is 576 g/mol. The second kappa shape index (κ2) is 12.7. The molecule has 12 nitrogen and oxygen atoms in total. The lowest BCUT2D eigenvalue weighted by atomic mass is 10.0. The van der Waals surface area contributed by atoms with Gasteiger partial charge >= 0.3 is 5.69 Å². The van der Waals surface area contributed by atoms with Crippen LogP contribution in [0.2, 0.25) is 0 Å². The van der Waals surface area contributed by atoms with E-state index in [4.69, 9.17) is 23.9 Å². The number of hydrogen-bond acceptors (Lipinski definition) is 9. The van der Waals surface area contributed by atoms with Crippen molar-refractivity contribution >= 4 is 22.2 Å². The Labute approximate surface area is 260 Å². The van der Waals surface area contributed by atoms with Crippen molar-refractivity contribution in [2.45, 2.75) is 38.5 Å². The van der Waals surface area contributed by atoms with Crippen molar-refractivity contribution in [1.82, 2.24) is 23.7 Å². The van der Waals surface area contributed by atoms with Crippen molar-refractivity contribution in [3.05, 3.63) is 93.0 Å². The maximum absolute atomic E-state index is 14.0. The number of hydrogen-bond donors (Lipinski definition) is 0. The molecule has 0 amide bonds. The minimum atomic E-state index is -0.435. The number of rotatable bonds is 11. The van der Waals surface area contributed by atoms with Gasteiger partial charge in [-0.1, -0.05) is 12.1 Å². The molecule has 4 heterocycles. The second-order valence-electron chi connectivity index (χ2n) is 11.5. The first-order chi connectivity index (χ1) is 21.8. The van der Waals surface area contributed by atoms with Gasteiger partial charge < -0.3 is 23.8 Å². The lowest BCUT2D eigenvalue weighted by Gasteiger charge is -2.41. The van der Waals surface area contributed by atoms with Gasteiger partial charge in [0, 0.05) is 45.0 Å². The normalized spacial score (nSPS) is 16.8. The standard InChI is InChI=1S/C33H38N6O6/c1-33(22-42-2)21-36(17-18-45-33)24-9-10-25-26(20-24)34-29(13-16-39-32(41)38-14-6-5-7-30(38)35-39)37(31(25)40)15-12-23-8-11-27(43-3)28(19-23)44-4/h5-11,14,19-20H,12-13,15-18,21-22H2,1-4H3. The van der Waals surface area contributed by atoms with Crippen LogP contribution in [-0.4, -0.2) is 77.0 Å². The molecule has 12 heteroatoms. The van der Waals surface area contributed by atoms with Crippen LogP contribution >= 0.6 is 0 Å². The quantitative estimate of drug-likeness (QED) is 0.222. The number of pyridine rings is 1. The maximum atomic E-state index is 14.0. The van der Waals surface area contributed by atoms with Crippen molar-refractivity contribution in [1.29, 1.82) is 0 Å². The average molecular weight is 615 g/mol. The molecule has 236 valence electrons. The molecule has 1 aliphatic rings. The van der Waals surface area contributed by atoms with E-state index < -0.39 is 5.60 Å². The number of benzene rings is 2. The summed E-state index contributed by atoms with van der Waals surface area (Å²) < 4.78 is 26.9. The monoisotopic (exact) mass is 614 g/mol. The number of ether oxygens (including phenoxy) is 4. The summed E-state index contributed by atoms with van der Waals surface area (Å²) in [6.07, 6.45) is 2.60. The molecule has 1 atom stereocenters. The molecule has 1 saturated heterocycles. The molecule has 6 rings (SSSR count). The van der Waals surface area contributed by atoms with E-state index in [2.05, 4.69) is 10.00 Å². The molecule has 1 unspecified atom stereocenters. The van der Waals surface area contributed by atoms with Gasteiger partial charge in [0.15, 0.2) is 17.1 Å². The zero-order valence-corrected chi connectivity index (χ0v) is 26.1. The largest absolute Gasteiger partial charge is 0.493 e. The Bertz CT molecular complexity index is 1940. The summed E-state index contributed by atoms with van der Waals surface area (Å²) in [4.78, 5) is 34.3. The van der Waals surface area contributed by atoms with Crippen LogP contribution in [-0.2, 0) is 35.4 Å². The van der Waals surface area contributed by atoms with Crippen LogP contribution < -0.4 is 25.6 Å². The second-order valence-corrected chi connectivity index (χ2v) is 11.5. The van der Waals surface area contributed by atoms with Crippen LogP contribution in [0.5, 0.6) is 11.5 Å². The van der Waals surface area contributed by atoms with Crippen molar-refractivity contribution in [2.24, 2.45) is 0 Å². The lowest BCUT2D eigenvalue weighted by molar-refractivity contribution is -0.0839. The Hall–Kier alpha value is -4.68. The van der Waals surface area contributed by atoms with Crippen molar-refractivity contribution in [3.8, 4) is 11.5 Å². The molecule has 0 saturated carbocycles. The molecule has 5 aromatic rings. The first-order valence-corrected chi connectivity index (χ1v) is 15.0. The summed E-state index contributed by atoms with van der Waals surface area (Å²) in [5.41, 5.74) is 2.33. The number of fused-ring (bicyclic) bond motifs is 2. The van der Waals surface area contributed by atoms with Gasteiger partial charge in [0.25, 0.3) is 5.56 Å². The SMILES string of the molecule is COCC1(C)CN(c2ccc3c(=O)n(CCc4ccc(OC)c(OC)c4)c(CCn4nc5ccccn5c4=O)nc3c2)CCO1. The minimum Gasteiger partial charge on any atom is -0.493 e. The first-order valence-electron chi connectivity index (χ1n) is 15.0. The zero-order valence-electron chi connectivity index (χ0n) is 26.1. The van der Waals surface area contributed by atoms with E-state index in [-0.39, 0.29) is 17.8 Å². The number of nitrogens with zero attached hydrogens (tertiary/aromatic N) is 6. The Morgan fingerprint density at radius 2 is 1.80 bits per heavy atom. The Morgan fingerprint density at radius 3 is 2.58 bits per heavy atom. The molecule has 0 N–H and O–H groups in total. The molecule has 3 aromatic heterocycles. The van der Waals surface area contributed by atoms with Crippen molar-refractivity contribution < 1.29 is 18.9 Å². The molecule has 1 aliphatic heterocycles. The van der Waals surface area contributed by atoms with E-state index >= 15 is 0 Å². The van der Waals surface area contributed by atoms with E-state index in [9.17, 15) is 9.59 Å².